The minimum atomic E-state index is -1.37. The lowest BCUT2D eigenvalue weighted by Gasteiger charge is -2.09. The summed E-state index contributed by atoms with van der Waals surface area (Å²) >= 11 is 0. The molecule has 6 nitrogen and oxygen atoms in total. The highest BCUT2D eigenvalue weighted by atomic mass is 16.6. The fourth-order valence-electron chi connectivity index (χ4n) is 2.53. The fraction of sp³-hybridized carbons (Fsp3) is 0.400. The quantitative estimate of drug-likeness (QED) is 0.481. The highest BCUT2D eigenvalue weighted by Crippen LogP contribution is 2.26. The van der Waals surface area contributed by atoms with Crippen LogP contribution in [0.5, 0.6) is 0 Å². The van der Waals surface area contributed by atoms with Gasteiger partial charge < -0.3 is 9.30 Å². The number of carbonyl (C=O) groups excluding carboxylic acids is 1. The molecular formula is C15H18N2O4. The summed E-state index contributed by atoms with van der Waals surface area (Å²) in [5, 5.41) is 12.1. The van der Waals surface area contributed by atoms with Crippen molar-refractivity contribution in [3.63, 3.8) is 0 Å². The SMILES string of the molecule is CCOC(=O)C(Cc1c(C)n(C)c2ccccc12)[N+](=O)[O-]. The molecule has 1 aromatic carbocycles. The zero-order valence-corrected chi connectivity index (χ0v) is 12.3. The summed E-state index contributed by atoms with van der Waals surface area (Å²) in [5.74, 6) is -0.783. The number of hydrogen-bond donors (Lipinski definition) is 0. The van der Waals surface area contributed by atoms with E-state index in [9.17, 15) is 14.9 Å². The minimum absolute atomic E-state index is 0.0407. The molecule has 1 unspecified atom stereocenters. The molecule has 0 amide bonds. The van der Waals surface area contributed by atoms with E-state index in [-0.39, 0.29) is 13.0 Å². The van der Waals surface area contributed by atoms with Crippen molar-refractivity contribution in [2.24, 2.45) is 7.05 Å². The Bertz CT molecular complexity index is 690. The van der Waals surface area contributed by atoms with Crippen LogP contribution in [0.3, 0.4) is 0 Å². The fourth-order valence-corrected chi connectivity index (χ4v) is 2.53. The lowest BCUT2D eigenvalue weighted by molar-refractivity contribution is -0.510. The van der Waals surface area contributed by atoms with Gasteiger partial charge in [-0.1, -0.05) is 18.2 Å². The maximum absolute atomic E-state index is 11.8. The van der Waals surface area contributed by atoms with Crippen molar-refractivity contribution < 1.29 is 14.5 Å². The van der Waals surface area contributed by atoms with Gasteiger partial charge in [0.2, 0.25) is 0 Å². The van der Waals surface area contributed by atoms with Crippen LogP contribution in [-0.4, -0.2) is 28.1 Å². The molecular weight excluding hydrogens is 272 g/mol. The molecule has 0 radical (unpaired) electrons. The van der Waals surface area contributed by atoms with E-state index < -0.39 is 16.9 Å². The molecule has 0 aliphatic heterocycles. The van der Waals surface area contributed by atoms with Gasteiger partial charge in [0, 0.05) is 28.6 Å². The van der Waals surface area contributed by atoms with Crippen LogP contribution in [0.4, 0.5) is 0 Å². The van der Waals surface area contributed by atoms with Gasteiger partial charge in [-0.2, -0.15) is 0 Å². The summed E-state index contributed by atoms with van der Waals surface area (Å²) in [6.07, 6.45) is 0.0407. The first-order chi connectivity index (χ1) is 9.97. The average molecular weight is 290 g/mol. The summed E-state index contributed by atoms with van der Waals surface area (Å²) in [6, 6.07) is 6.31. The monoisotopic (exact) mass is 290 g/mol. The number of benzene rings is 1. The highest BCUT2D eigenvalue weighted by molar-refractivity contribution is 5.86. The van der Waals surface area contributed by atoms with E-state index in [1.807, 2.05) is 42.8 Å². The van der Waals surface area contributed by atoms with Gasteiger partial charge in [-0.05, 0) is 25.5 Å². The largest absolute Gasteiger partial charge is 0.461 e. The van der Waals surface area contributed by atoms with Crippen molar-refractivity contribution in [3.8, 4) is 0 Å². The molecule has 1 aromatic heterocycles. The van der Waals surface area contributed by atoms with E-state index in [2.05, 4.69) is 0 Å². The molecule has 1 heterocycles. The summed E-state index contributed by atoms with van der Waals surface area (Å²) in [5.41, 5.74) is 2.74. The molecule has 0 aliphatic carbocycles. The number of ether oxygens (including phenoxy) is 1. The normalized spacial score (nSPS) is 12.3. The Kier molecular flexibility index (Phi) is 4.26. The first kappa shape index (κ1) is 15.0. The van der Waals surface area contributed by atoms with Crippen LogP contribution in [-0.2, 0) is 23.0 Å². The van der Waals surface area contributed by atoms with Gasteiger partial charge in [0.15, 0.2) is 0 Å². The predicted octanol–water partition coefficient (Wildman–Crippen LogP) is 2.24. The maximum Gasteiger partial charge on any atom is 0.382 e. The van der Waals surface area contributed by atoms with Crippen molar-refractivity contribution in [3.05, 3.63) is 45.6 Å². The molecule has 6 heteroatoms. The number of rotatable bonds is 5. The van der Waals surface area contributed by atoms with Crippen LogP contribution in [0.1, 0.15) is 18.2 Å². The topological polar surface area (TPSA) is 74.4 Å². The molecule has 1 atom stereocenters. The number of aryl methyl sites for hydroxylation is 1. The van der Waals surface area contributed by atoms with Crippen molar-refractivity contribution in [1.82, 2.24) is 4.57 Å². The molecule has 112 valence electrons. The van der Waals surface area contributed by atoms with Crippen LogP contribution in [0, 0.1) is 17.0 Å². The number of fused-ring (bicyclic) bond motifs is 1. The third kappa shape index (κ3) is 2.74. The lowest BCUT2D eigenvalue weighted by atomic mass is 10.0. The molecule has 0 saturated carbocycles. The zero-order valence-electron chi connectivity index (χ0n) is 12.3. The van der Waals surface area contributed by atoms with Crippen molar-refractivity contribution in [2.75, 3.05) is 6.61 Å². The standard InChI is InChI=1S/C15H18N2O4/c1-4-21-15(18)14(17(19)20)9-12-10(2)16(3)13-8-6-5-7-11(12)13/h5-8,14H,4,9H2,1-3H3. The van der Waals surface area contributed by atoms with Gasteiger partial charge >= 0.3 is 12.0 Å². The smallest absolute Gasteiger partial charge is 0.382 e. The van der Waals surface area contributed by atoms with Crippen molar-refractivity contribution in [1.29, 1.82) is 0 Å². The summed E-state index contributed by atoms with van der Waals surface area (Å²) in [7, 11) is 1.91. The van der Waals surface area contributed by atoms with Crippen LogP contribution in [0.15, 0.2) is 24.3 Å². The first-order valence-electron chi connectivity index (χ1n) is 6.80. The van der Waals surface area contributed by atoms with Gasteiger partial charge in [0.05, 0.1) is 13.0 Å². The third-order valence-electron chi connectivity index (χ3n) is 3.74. The Balaban J connectivity index is 2.44. The number of carbonyl (C=O) groups is 1. The summed E-state index contributed by atoms with van der Waals surface area (Å²) in [6.45, 7) is 3.67. The van der Waals surface area contributed by atoms with Gasteiger partial charge in [0.1, 0.15) is 0 Å². The third-order valence-corrected chi connectivity index (χ3v) is 3.74. The van der Waals surface area contributed by atoms with E-state index in [0.29, 0.717) is 0 Å². The van der Waals surface area contributed by atoms with Crippen molar-refractivity contribution in [2.45, 2.75) is 26.3 Å². The maximum atomic E-state index is 11.8. The van der Waals surface area contributed by atoms with Gasteiger partial charge in [-0.3, -0.25) is 10.1 Å². The number of esters is 1. The van der Waals surface area contributed by atoms with E-state index >= 15 is 0 Å². The average Bonchev–Trinajstić information content (AvgIpc) is 2.69. The van der Waals surface area contributed by atoms with Gasteiger partial charge in [-0.25, -0.2) is 4.79 Å². The zero-order chi connectivity index (χ0) is 15.6. The predicted molar refractivity (Wildman–Crippen MR) is 78.8 cm³/mol. The second-order valence-corrected chi connectivity index (χ2v) is 4.90. The number of para-hydroxylation sites is 1. The van der Waals surface area contributed by atoms with Crippen LogP contribution in [0.25, 0.3) is 10.9 Å². The van der Waals surface area contributed by atoms with Crippen LogP contribution >= 0.6 is 0 Å². The molecule has 2 rings (SSSR count). The Morgan fingerprint density at radius 2 is 2.10 bits per heavy atom. The molecule has 0 spiro atoms. The number of nitro groups is 1. The molecule has 0 saturated heterocycles. The van der Waals surface area contributed by atoms with Gasteiger partial charge in [0.25, 0.3) is 0 Å². The first-order valence-corrected chi connectivity index (χ1v) is 6.80. The highest BCUT2D eigenvalue weighted by Gasteiger charge is 2.33. The number of aromatic nitrogens is 1. The lowest BCUT2D eigenvalue weighted by Crippen LogP contribution is -2.33. The molecule has 21 heavy (non-hydrogen) atoms. The Morgan fingerprint density at radius 1 is 1.43 bits per heavy atom. The van der Waals surface area contributed by atoms with Crippen molar-refractivity contribution >= 4 is 16.9 Å². The van der Waals surface area contributed by atoms with E-state index in [1.165, 1.54) is 0 Å². The second kappa shape index (κ2) is 5.95. The summed E-state index contributed by atoms with van der Waals surface area (Å²) in [4.78, 5) is 22.4. The molecule has 0 N–H and O–H groups in total. The summed E-state index contributed by atoms with van der Waals surface area (Å²) < 4.78 is 6.79. The van der Waals surface area contributed by atoms with E-state index in [1.54, 1.807) is 6.92 Å². The molecule has 2 aromatic rings. The molecule has 0 aliphatic rings. The van der Waals surface area contributed by atoms with Gasteiger partial charge in [-0.15, -0.1) is 0 Å². The Labute approximate surface area is 122 Å². The van der Waals surface area contributed by atoms with E-state index in [4.69, 9.17) is 4.74 Å². The van der Waals surface area contributed by atoms with E-state index in [0.717, 1.165) is 22.2 Å². The minimum Gasteiger partial charge on any atom is -0.461 e. The molecule has 0 fully saturated rings. The van der Waals surface area contributed by atoms with Crippen LogP contribution < -0.4 is 0 Å². The molecule has 0 bridgehead atoms. The Hall–Kier alpha value is -2.37. The number of nitrogens with zero attached hydrogens (tertiary/aromatic N) is 2. The number of hydrogen-bond acceptors (Lipinski definition) is 4. The Morgan fingerprint density at radius 3 is 2.71 bits per heavy atom. The second-order valence-electron chi connectivity index (χ2n) is 4.90. The van der Waals surface area contributed by atoms with Crippen LogP contribution in [0.2, 0.25) is 0 Å².